The molecule has 0 heterocycles. The third kappa shape index (κ3) is 4.09. The number of anilines is 1. The van der Waals surface area contributed by atoms with E-state index in [1.54, 1.807) is 36.4 Å². The average molecular weight is 273 g/mol. The number of nitrogens with one attached hydrogen (secondary N) is 1. The van der Waals surface area contributed by atoms with Crippen molar-refractivity contribution in [3.63, 3.8) is 0 Å². The van der Waals surface area contributed by atoms with Gasteiger partial charge in [-0.1, -0.05) is 12.1 Å². The zero-order chi connectivity index (χ0) is 14.4. The summed E-state index contributed by atoms with van der Waals surface area (Å²) < 4.78 is 18.3. The fourth-order valence-electron chi connectivity index (χ4n) is 1.84. The van der Waals surface area contributed by atoms with E-state index < -0.39 is 0 Å². The first-order valence-corrected chi connectivity index (χ1v) is 6.44. The van der Waals surface area contributed by atoms with E-state index in [0.29, 0.717) is 17.9 Å². The zero-order valence-corrected chi connectivity index (χ0v) is 11.2. The first kappa shape index (κ1) is 14.1. The molecule has 3 nitrogen and oxygen atoms in total. The maximum Gasteiger partial charge on any atom is 0.228 e. The Morgan fingerprint density at radius 3 is 2.60 bits per heavy atom. The molecule has 0 spiro atoms. The van der Waals surface area contributed by atoms with Gasteiger partial charge in [-0.25, -0.2) is 4.39 Å². The van der Waals surface area contributed by atoms with E-state index in [9.17, 15) is 9.18 Å². The number of hydrogen-bond acceptors (Lipinski definition) is 2. The van der Waals surface area contributed by atoms with Crippen molar-refractivity contribution < 1.29 is 13.9 Å². The Labute approximate surface area is 117 Å². The predicted molar refractivity (Wildman–Crippen MR) is 76.3 cm³/mol. The molecule has 2 rings (SSSR count). The van der Waals surface area contributed by atoms with Crippen LogP contribution in [0, 0.1) is 5.82 Å². The van der Waals surface area contributed by atoms with E-state index in [4.69, 9.17) is 4.74 Å². The summed E-state index contributed by atoms with van der Waals surface area (Å²) in [6.07, 6.45) is 0.144. The topological polar surface area (TPSA) is 38.3 Å². The summed E-state index contributed by atoms with van der Waals surface area (Å²) >= 11 is 0. The summed E-state index contributed by atoms with van der Waals surface area (Å²) in [7, 11) is 0. The second-order valence-corrected chi connectivity index (χ2v) is 4.31. The van der Waals surface area contributed by atoms with E-state index in [2.05, 4.69) is 5.32 Å². The third-order valence-corrected chi connectivity index (χ3v) is 2.70. The van der Waals surface area contributed by atoms with E-state index in [0.717, 1.165) is 5.75 Å². The summed E-state index contributed by atoms with van der Waals surface area (Å²) in [6, 6.07) is 13.2. The Balaban J connectivity index is 1.94. The molecule has 1 N–H and O–H groups in total. The molecule has 0 fully saturated rings. The van der Waals surface area contributed by atoms with Crippen LogP contribution in [0.15, 0.2) is 48.5 Å². The molecule has 0 atom stereocenters. The summed E-state index contributed by atoms with van der Waals surface area (Å²) in [5.74, 6) is 0.242. The summed E-state index contributed by atoms with van der Waals surface area (Å²) in [5.41, 5.74) is 1.34. The van der Waals surface area contributed by atoms with Crippen LogP contribution in [0.1, 0.15) is 12.5 Å². The fraction of sp³-hybridized carbons (Fsp3) is 0.188. The molecule has 0 saturated carbocycles. The quantitative estimate of drug-likeness (QED) is 0.906. The summed E-state index contributed by atoms with van der Waals surface area (Å²) in [4.78, 5) is 11.8. The van der Waals surface area contributed by atoms with Crippen LogP contribution in [0.25, 0.3) is 0 Å². The average Bonchev–Trinajstić information content (AvgIpc) is 2.41. The first-order chi connectivity index (χ1) is 9.67. The Morgan fingerprint density at radius 1 is 1.20 bits per heavy atom. The number of ether oxygens (including phenoxy) is 1. The van der Waals surface area contributed by atoms with Gasteiger partial charge in [0.25, 0.3) is 0 Å². The molecule has 0 aliphatic heterocycles. The van der Waals surface area contributed by atoms with Gasteiger partial charge in [0.05, 0.1) is 13.0 Å². The van der Waals surface area contributed by atoms with Crippen LogP contribution in [-0.4, -0.2) is 12.5 Å². The van der Waals surface area contributed by atoms with Gasteiger partial charge in [0.2, 0.25) is 5.91 Å². The predicted octanol–water partition coefficient (Wildman–Crippen LogP) is 3.41. The molecule has 0 aromatic heterocycles. The molecular formula is C16H16FNO2. The summed E-state index contributed by atoms with van der Waals surface area (Å²) in [6.45, 7) is 2.51. The number of rotatable bonds is 5. The molecule has 0 unspecified atom stereocenters. The van der Waals surface area contributed by atoms with Gasteiger partial charge in [-0.05, 0) is 48.9 Å². The van der Waals surface area contributed by atoms with Crippen molar-refractivity contribution in [3.05, 3.63) is 59.9 Å². The van der Waals surface area contributed by atoms with E-state index in [-0.39, 0.29) is 18.1 Å². The van der Waals surface area contributed by atoms with Crippen LogP contribution in [0.2, 0.25) is 0 Å². The molecule has 0 aliphatic carbocycles. The second-order valence-electron chi connectivity index (χ2n) is 4.31. The van der Waals surface area contributed by atoms with Gasteiger partial charge in [-0.15, -0.1) is 0 Å². The minimum absolute atomic E-state index is 0.144. The monoisotopic (exact) mass is 273 g/mol. The highest BCUT2D eigenvalue weighted by Gasteiger charge is 2.05. The van der Waals surface area contributed by atoms with Crippen LogP contribution in [0.4, 0.5) is 10.1 Å². The minimum atomic E-state index is -0.337. The van der Waals surface area contributed by atoms with Crippen molar-refractivity contribution in [2.24, 2.45) is 0 Å². The second kappa shape index (κ2) is 6.70. The molecule has 20 heavy (non-hydrogen) atoms. The van der Waals surface area contributed by atoms with Crippen LogP contribution >= 0.6 is 0 Å². The van der Waals surface area contributed by atoms with Crippen molar-refractivity contribution in [2.75, 3.05) is 11.9 Å². The fourth-order valence-corrected chi connectivity index (χ4v) is 1.84. The first-order valence-electron chi connectivity index (χ1n) is 6.44. The van der Waals surface area contributed by atoms with Crippen molar-refractivity contribution >= 4 is 11.6 Å². The van der Waals surface area contributed by atoms with Crippen molar-refractivity contribution in [2.45, 2.75) is 13.3 Å². The standard InChI is InChI=1S/C16H16FNO2/c1-2-20-15-8-6-14(7-9-15)18-16(19)11-12-4-3-5-13(17)10-12/h3-10H,2,11H2,1H3,(H,18,19). The van der Waals surface area contributed by atoms with Gasteiger partial charge < -0.3 is 10.1 Å². The van der Waals surface area contributed by atoms with Crippen LogP contribution < -0.4 is 10.1 Å². The van der Waals surface area contributed by atoms with E-state index in [1.165, 1.54) is 12.1 Å². The van der Waals surface area contributed by atoms with Crippen molar-refractivity contribution in [3.8, 4) is 5.75 Å². The Morgan fingerprint density at radius 2 is 1.95 bits per heavy atom. The number of carbonyl (C=O) groups is 1. The number of carbonyl (C=O) groups excluding carboxylic acids is 1. The highest BCUT2D eigenvalue weighted by Crippen LogP contribution is 2.16. The zero-order valence-electron chi connectivity index (χ0n) is 11.2. The highest BCUT2D eigenvalue weighted by molar-refractivity contribution is 5.92. The third-order valence-electron chi connectivity index (χ3n) is 2.70. The van der Waals surface area contributed by atoms with Gasteiger partial charge in [-0.2, -0.15) is 0 Å². The van der Waals surface area contributed by atoms with Crippen LogP contribution in [-0.2, 0) is 11.2 Å². The van der Waals surface area contributed by atoms with Crippen molar-refractivity contribution in [1.29, 1.82) is 0 Å². The Hall–Kier alpha value is -2.36. The van der Waals surface area contributed by atoms with Crippen LogP contribution in [0.5, 0.6) is 5.75 Å². The lowest BCUT2D eigenvalue weighted by molar-refractivity contribution is -0.115. The van der Waals surface area contributed by atoms with Gasteiger partial charge in [0, 0.05) is 5.69 Å². The summed E-state index contributed by atoms with van der Waals surface area (Å²) in [5, 5.41) is 2.76. The molecule has 2 aromatic rings. The minimum Gasteiger partial charge on any atom is -0.494 e. The molecule has 0 radical (unpaired) electrons. The van der Waals surface area contributed by atoms with Crippen molar-refractivity contribution in [1.82, 2.24) is 0 Å². The van der Waals surface area contributed by atoms with Gasteiger partial charge in [0.1, 0.15) is 11.6 Å². The van der Waals surface area contributed by atoms with Gasteiger partial charge >= 0.3 is 0 Å². The highest BCUT2D eigenvalue weighted by atomic mass is 19.1. The molecule has 2 aromatic carbocycles. The van der Waals surface area contributed by atoms with Crippen LogP contribution in [0.3, 0.4) is 0 Å². The molecule has 0 aliphatic rings. The number of amides is 1. The maximum absolute atomic E-state index is 13.0. The lowest BCUT2D eigenvalue weighted by Gasteiger charge is -2.07. The lowest BCUT2D eigenvalue weighted by Crippen LogP contribution is -2.14. The SMILES string of the molecule is CCOc1ccc(NC(=O)Cc2cccc(F)c2)cc1. The lowest BCUT2D eigenvalue weighted by atomic mass is 10.1. The molecule has 1 amide bonds. The molecule has 0 saturated heterocycles. The van der Waals surface area contributed by atoms with Gasteiger partial charge in [-0.3, -0.25) is 4.79 Å². The Kier molecular flexibility index (Phi) is 4.71. The normalized spacial score (nSPS) is 10.1. The smallest absolute Gasteiger partial charge is 0.228 e. The molecule has 4 heteroatoms. The largest absolute Gasteiger partial charge is 0.494 e. The molecular weight excluding hydrogens is 257 g/mol. The van der Waals surface area contributed by atoms with E-state index in [1.807, 2.05) is 6.92 Å². The Bertz CT molecular complexity index is 581. The molecule has 104 valence electrons. The number of benzene rings is 2. The van der Waals surface area contributed by atoms with E-state index >= 15 is 0 Å². The number of halogens is 1. The van der Waals surface area contributed by atoms with Gasteiger partial charge in [0.15, 0.2) is 0 Å². The maximum atomic E-state index is 13.0. The molecule has 0 bridgehead atoms. The number of hydrogen-bond donors (Lipinski definition) is 1.